The topological polar surface area (TPSA) is 246 Å². The number of carbonyl (C=O) groups excluding carboxylic acids is 1. The lowest BCUT2D eigenvalue weighted by atomic mass is 9.94. The van der Waals surface area contributed by atoms with E-state index in [1.54, 1.807) is 0 Å². The van der Waals surface area contributed by atoms with Crippen molar-refractivity contribution in [1.82, 2.24) is 0 Å². The first-order valence-corrected chi connectivity index (χ1v) is 14.1. The second-order valence-corrected chi connectivity index (χ2v) is 11.8. The fraction of sp³-hybridized carbons (Fsp3) is 0.909. The average Bonchev–Trinajstić information content (AvgIpc) is 3.43. The predicted octanol–water partition coefficient (Wildman–Crippen LogP) is -3.48. The summed E-state index contributed by atoms with van der Waals surface area (Å²) in [6, 6.07) is 0. The number of cyclic esters (lactones) is 2. The molecule has 0 N–H and O–H groups in total. The molecule has 196 valence electrons. The van der Waals surface area contributed by atoms with Gasteiger partial charge < -0.3 is 9.47 Å². The summed E-state index contributed by atoms with van der Waals surface area (Å²) >= 11 is 0. The SMILES string of the molecule is COS(=O)(=O)OCC1OS(=O)(=O)OC1C1OC(=O)OC1C1OS(=O)(=O)OC1C1COS(=O)(=O)O1. The van der Waals surface area contributed by atoms with Gasteiger partial charge in [0, 0.05) is 0 Å². The van der Waals surface area contributed by atoms with E-state index in [4.69, 9.17) is 22.0 Å². The molecule has 0 aromatic rings. The van der Waals surface area contributed by atoms with E-state index in [1.807, 2.05) is 0 Å². The summed E-state index contributed by atoms with van der Waals surface area (Å²) in [5.74, 6) is 0. The van der Waals surface area contributed by atoms with Crippen LogP contribution >= 0.6 is 0 Å². The molecule has 23 heteroatoms. The molecule has 4 rings (SSSR count). The first-order chi connectivity index (χ1) is 15.6. The van der Waals surface area contributed by atoms with Gasteiger partial charge in [0.25, 0.3) is 0 Å². The average molecular weight is 578 g/mol. The number of hydrogen-bond donors (Lipinski definition) is 0. The third-order valence-corrected chi connectivity index (χ3v) is 8.22. The first-order valence-electron chi connectivity index (χ1n) is 8.73. The Kier molecular flexibility index (Phi) is 6.61. The molecule has 0 spiro atoms. The molecule has 7 unspecified atom stereocenters. The summed E-state index contributed by atoms with van der Waals surface area (Å²) < 4.78 is 139. The quantitative estimate of drug-likeness (QED) is 0.266. The third-order valence-electron chi connectivity index (χ3n) is 4.62. The smallest absolute Gasteiger partial charge is 0.424 e. The van der Waals surface area contributed by atoms with Crippen LogP contribution in [0.15, 0.2) is 0 Å². The van der Waals surface area contributed by atoms with E-state index in [0.717, 1.165) is 7.11 Å². The van der Waals surface area contributed by atoms with E-state index in [9.17, 15) is 38.5 Å². The van der Waals surface area contributed by atoms with E-state index in [0.29, 0.717) is 0 Å². The molecule has 0 amide bonds. The van der Waals surface area contributed by atoms with Crippen LogP contribution in [-0.4, -0.2) is 103 Å². The normalized spacial score (nSPS) is 40.7. The van der Waals surface area contributed by atoms with Crippen LogP contribution in [0.1, 0.15) is 0 Å². The highest BCUT2D eigenvalue weighted by atomic mass is 32.3. The van der Waals surface area contributed by atoms with Crippen molar-refractivity contribution in [2.75, 3.05) is 20.3 Å². The summed E-state index contributed by atoms with van der Waals surface area (Å²) in [7, 11) is -17.8. The van der Waals surface area contributed by atoms with E-state index < -0.39 is 104 Å². The third kappa shape index (κ3) is 5.44. The molecular formula is C11H14O19S4. The van der Waals surface area contributed by atoms with Gasteiger partial charge >= 0.3 is 47.8 Å². The molecule has 0 bridgehead atoms. The second-order valence-electron chi connectivity index (χ2n) is 6.74. The largest absolute Gasteiger partial charge is 0.509 e. The van der Waals surface area contributed by atoms with E-state index in [2.05, 4.69) is 20.9 Å². The zero-order valence-electron chi connectivity index (χ0n) is 16.3. The van der Waals surface area contributed by atoms with Gasteiger partial charge in [-0.15, -0.1) is 0 Å². The molecule has 0 saturated carbocycles. The Morgan fingerprint density at radius 3 is 1.94 bits per heavy atom. The van der Waals surface area contributed by atoms with Crippen LogP contribution in [0.3, 0.4) is 0 Å². The molecule has 0 aliphatic carbocycles. The fourth-order valence-corrected chi connectivity index (χ4v) is 6.62. The van der Waals surface area contributed by atoms with Gasteiger partial charge in [0.1, 0.15) is 18.3 Å². The molecule has 19 nitrogen and oxygen atoms in total. The molecular weight excluding hydrogens is 564 g/mol. The molecule has 4 heterocycles. The lowest BCUT2D eigenvalue weighted by Crippen LogP contribution is -2.52. The standard InChI is InChI=1S/C11H14O19S4/c1-21-31(13,14)22-2-4-6(28-33(17,18)27-4)8-9(25-11(12)24-8)10-7(29-34(19,20)30-10)5-3-23-32(15,16)26-5/h4-10H,2-3H2,1H3. The van der Waals surface area contributed by atoms with Gasteiger partial charge in [-0.1, -0.05) is 0 Å². The van der Waals surface area contributed by atoms with Crippen molar-refractivity contribution in [1.29, 1.82) is 0 Å². The van der Waals surface area contributed by atoms with E-state index in [1.165, 1.54) is 0 Å². The summed E-state index contributed by atoms with van der Waals surface area (Å²) in [4.78, 5) is 11.9. The highest BCUT2D eigenvalue weighted by Gasteiger charge is 2.62. The summed E-state index contributed by atoms with van der Waals surface area (Å²) in [5.41, 5.74) is 0. The van der Waals surface area contributed by atoms with Crippen LogP contribution in [0, 0.1) is 0 Å². The molecule has 4 fully saturated rings. The molecule has 4 aliphatic heterocycles. The zero-order chi connectivity index (χ0) is 25.1. The maximum atomic E-state index is 11.9. The van der Waals surface area contributed by atoms with Gasteiger partial charge in [-0.25, -0.2) is 34.1 Å². The van der Waals surface area contributed by atoms with Crippen molar-refractivity contribution < 1.29 is 81.4 Å². The van der Waals surface area contributed by atoms with Crippen molar-refractivity contribution >= 4 is 47.8 Å². The molecule has 34 heavy (non-hydrogen) atoms. The minimum Gasteiger partial charge on any atom is -0.424 e. The van der Waals surface area contributed by atoms with Crippen molar-refractivity contribution in [3.05, 3.63) is 0 Å². The summed E-state index contributed by atoms with van der Waals surface area (Å²) in [6.45, 7) is -1.71. The lowest BCUT2D eigenvalue weighted by molar-refractivity contribution is -0.0552. The minimum absolute atomic E-state index is 0.697. The van der Waals surface area contributed by atoms with E-state index in [-0.39, 0.29) is 0 Å². The Hall–Kier alpha value is -1.25. The Bertz CT molecular complexity index is 1250. The van der Waals surface area contributed by atoms with Gasteiger partial charge in [0.05, 0.1) is 20.3 Å². The van der Waals surface area contributed by atoms with Gasteiger partial charge in [-0.2, -0.15) is 33.7 Å². The molecule has 4 saturated heterocycles. The van der Waals surface area contributed by atoms with E-state index >= 15 is 0 Å². The Labute approximate surface area is 192 Å². The molecule has 0 aromatic carbocycles. The van der Waals surface area contributed by atoms with Crippen LogP contribution < -0.4 is 0 Å². The van der Waals surface area contributed by atoms with Crippen LogP contribution in [0.2, 0.25) is 0 Å². The van der Waals surface area contributed by atoms with Crippen molar-refractivity contribution in [2.45, 2.75) is 42.7 Å². The number of carbonyl (C=O) groups is 1. The van der Waals surface area contributed by atoms with Crippen LogP contribution in [-0.2, 0) is 84.5 Å². The molecule has 4 aliphatic rings. The highest BCUT2D eigenvalue weighted by molar-refractivity contribution is 7.82. The molecule has 7 atom stereocenters. The highest BCUT2D eigenvalue weighted by Crippen LogP contribution is 2.38. The monoisotopic (exact) mass is 578 g/mol. The van der Waals surface area contributed by atoms with Gasteiger partial charge in [0.2, 0.25) is 0 Å². The maximum Gasteiger partial charge on any atom is 0.509 e. The lowest BCUT2D eigenvalue weighted by Gasteiger charge is -2.27. The van der Waals surface area contributed by atoms with Gasteiger partial charge in [-0.3, -0.25) is 4.18 Å². The van der Waals surface area contributed by atoms with Gasteiger partial charge in [-0.05, 0) is 0 Å². The second kappa shape index (κ2) is 8.70. The zero-order valence-corrected chi connectivity index (χ0v) is 19.6. The minimum atomic E-state index is -4.78. The van der Waals surface area contributed by atoms with Crippen molar-refractivity contribution in [3.8, 4) is 0 Å². The predicted molar refractivity (Wildman–Crippen MR) is 94.1 cm³/mol. The molecule has 0 radical (unpaired) electrons. The summed E-state index contributed by atoms with van der Waals surface area (Å²) in [6.07, 6.45) is -13.9. The molecule has 0 aromatic heterocycles. The summed E-state index contributed by atoms with van der Waals surface area (Å²) in [5, 5.41) is 0. The Balaban J connectivity index is 1.61. The number of ether oxygens (including phenoxy) is 2. The Morgan fingerprint density at radius 1 is 0.794 bits per heavy atom. The van der Waals surface area contributed by atoms with Crippen LogP contribution in [0.25, 0.3) is 0 Å². The fourth-order valence-electron chi connectivity index (χ4n) is 3.33. The van der Waals surface area contributed by atoms with Gasteiger partial charge in [0.15, 0.2) is 24.4 Å². The van der Waals surface area contributed by atoms with Crippen LogP contribution in [0.4, 0.5) is 4.79 Å². The first kappa shape index (κ1) is 25.8. The van der Waals surface area contributed by atoms with Crippen molar-refractivity contribution in [2.24, 2.45) is 0 Å². The Morgan fingerprint density at radius 2 is 1.35 bits per heavy atom. The number of hydrogen-bond acceptors (Lipinski definition) is 19. The van der Waals surface area contributed by atoms with Crippen molar-refractivity contribution in [3.63, 3.8) is 0 Å². The maximum absolute atomic E-state index is 11.9. The number of rotatable bonds is 7. The van der Waals surface area contributed by atoms with Crippen LogP contribution in [0.5, 0.6) is 0 Å².